The average Bonchev–Trinajstić information content (AvgIpc) is 2.45. The zero-order valence-electron chi connectivity index (χ0n) is 8.90. The van der Waals surface area contributed by atoms with Crippen molar-refractivity contribution in [2.45, 2.75) is 25.4 Å². The van der Waals surface area contributed by atoms with Crippen LogP contribution in [0.2, 0.25) is 0 Å². The quantitative estimate of drug-likeness (QED) is 0.730. The van der Waals surface area contributed by atoms with E-state index < -0.39 is 0 Å². The second-order valence-electron chi connectivity index (χ2n) is 4.37. The van der Waals surface area contributed by atoms with Gasteiger partial charge < -0.3 is 5.73 Å². The van der Waals surface area contributed by atoms with Crippen molar-refractivity contribution in [1.29, 1.82) is 0 Å². The maximum Gasteiger partial charge on any atom is 0.0361 e. The van der Waals surface area contributed by atoms with Gasteiger partial charge in [0.15, 0.2) is 0 Å². The highest BCUT2D eigenvalue weighted by Gasteiger charge is 2.27. The second-order valence-corrected chi connectivity index (χ2v) is 4.37. The summed E-state index contributed by atoms with van der Waals surface area (Å²) in [7, 11) is 2.15. The summed E-state index contributed by atoms with van der Waals surface area (Å²) >= 11 is 0. The molecule has 1 fully saturated rings. The van der Waals surface area contributed by atoms with E-state index in [9.17, 15) is 0 Å². The summed E-state index contributed by atoms with van der Waals surface area (Å²) < 4.78 is 0. The van der Waals surface area contributed by atoms with Gasteiger partial charge in [0.2, 0.25) is 0 Å². The van der Waals surface area contributed by atoms with Crippen LogP contribution in [0.3, 0.4) is 0 Å². The molecule has 1 saturated heterocycles. The molecule has 0 spiro atoms. The number of aryl methyl sites for hydroxylation is 1. The van der Waals surface area contributed by atoms with Crippen molar-refractivity contribution in [1.82, 2.24) is 4.90 Å². The maximum absolute atomic E-state index is 5.95. The lowest BCUT2D eigenvalue weighted by atomic mass is 10.0. The Kier molecular flexibility index (Phi) is 2.57. The minimum Gasteiger partial charge on any atom is -0.326 e. The molecule has 76 valence electrons. The van der Waals surface area contributed by atoms with Gasteiger partial charge in [-0.3, -0.25) is 4.90 Å². The van der Waals surface area contributed by atoms with Crippen molar-refractivity contribution in [2.24, 2.45) is 5.73 Å². The lowest BCUT2D eigenvalue weighted by Gasteiger charge is -2.19. The minimum absolute atomic E-state index is 0.338. The van der Waals surface area contributed by atoms with Crippen LogP contribution in [0, 0.1) is 6.92 Å². The van der Waals surface area contributed by atoms with Crippen LogP contribution in [-0.2, 0) is 0 Å². The molecule has 2 nitrogen and oxygen atoms in total. The predicted molar refractivity (Wildman–Crippen MR) is 59.1 cm³/mol. The first-order valence-electron chi connectivity index (χ1n) is 5.19. The molecular formula is C12H18N2. The Morgan fingerprint density at radius 3 is 2.79 bits per heavy atom. The first-order chi connectivity index (χ1) is 6.66. The number of rotatable bonds is 1. The summed E-state index contributed by atoms with van der Waals surface area (Å²) in [6, 6.07) is 9.59. The van der Waals surface area contributed by atoms with Crippen LogP contribution < -0.4 is 5.73 Å². The molecule has 2 unspecified atom stereocenters. The number of likely N-dealkylation sites (N-methyl/N-ethyl adjacent to an activating group) is 1. The highest BCUT2D eigenvalue weighted by Crippen LogP contribution is 2.29. The van der Waals surface area contributed by atoms with Crippen molar-refractivity contribution in [2.75, 3.05) is 13.6 Å². The third-order valence-electron chi connectivity index (χ3n) is 3.01. The highest BCUT2D eigenvalue weighted by molar-refractivity contribution is 5.26. The van der Waals surface area contributed by atoms with Gasteiger partial charge in [0.25, 0.3) is 0 Å². The van der Waals surface area contributed by atoms with Crippen molar-refractivity contribution in [3.63, 3.8) is 0 Å². The molecule has 0 amide bonds. The first kappa shape index (κ1) is 9.69. The van der Waals surface area contributed by atoms with Gasteiger partial charge >= 0.3 is 0 Å². The smallest absolute Gasteiger partial charge is 0.0361 e. The van der Waals surface area contributed by atoms with E-state index in [1.54, 1.807) is 0 Å². The molecule has 0 aromatic heterocycles. The molecule has 0 radical (unpaired) electrons. The van der Waals surface area contributed by atoms with Crippen LogP contribution in [0.1, 0.15) is 23.6 Å². The van der Waals surface area contributed by atoms with Crippen LogP contribution in [-0.4, -0.2) is 24.5 Å². The fourth-order valence-corrected chi connectivity index (χ4v) is 2.31. The van der Waals surface area contributed by atoms with Gasteiger partial charge in [-0.15, -0.1) is 0 Å². The van der Waals surface area contributed by atoms with Gasteiger partial charge in [0, 0.05) is 18.6 Å². The van der Waals surface area contributed by atoms with Crippen LogP contribution in [0.5, 0.6) is 0 Å². The molecule has 1 heterocycles. The Morgan fingerprint density at radius 1 is 1.43 bits per heavy atom. The number of benzene rings is 1. The highest BCUT2D eigenvalue weighted by atomic mass is 15.2. The molecule has 0 aliphatic carbocycles. The van der Waals surface area contributed by atoms with Gasteiger partial charge in [0.1, 0.15) is 0 Å². The van der Waals surface area contributed by atoms with E-state index in [4.69, 9.17) is 5.73 Å². The summed E-state index contributed by atoms with van der Waals surface area (Å²) in [4.78, 5) is 2.35. The lowest BCUT2D eigenvalue weighted by Crippen LogP contribution is -2.24. The zero-order chi connectivity index (χ0) is 10.1. The fourth-order valence-electron chi connectivity index (χ4n) is 2.31. The topological polar surface area (TPSA) is 29.3 Å². The largest absolute Gasteiger partial charge is 0.326 e. The molecular weight excluding hydrogens is 172 g/mol. The molecule has 14 heavy (non-hydrogen) atoms. The van der Waals surface area contributed by atoms with Crippen molar-refractivity contribution < 1.29 is 0 Å². The van der Waals surface area contributed by atoms with Crippen molar-refractivity contribution in [3.8, 4) is 0 Å². The van der Waals surface area contributed by atoms with Crippen molar-refractivity contribution >= 4 is 0 Å². The van der Waals surface area contributed by atoms with E-state index >= 15 is 0 Å². The van der Waals surface area contributed by atoms with E-state index in [2.05, 4.69) is 43.1 Å². The molecule has 0 saturated carbocycles. The van der Waals surface area contributed by atoms with E-state index in [0.29, 0.717) is 12.1 Å². The van der Waals surface area contributed by atoms with E-state index in [1.165, 1.54) is 11.1 Å². The van der Waals surface area contributed by atoms with Gasteiger partial charge in [-0.25, -0.2) is 0 Å². The number of hydrogen-bond donors (Lipinski definition) is 1. The van der Waals surface area contributed by atoms with Gasteiger partial charge in [-0.2, -0.15) is 0 Å². The monoisotopic (exact) mass is 190 g/mol. The summed E-state index contributed by atoms with van der Waals surface area (Å²) in [6.07, 6.45) is 1.08. The Labute approximate surface area is 85.7 Å². The van der Waals surface area contributed by atoms with Crippen LogP contribution in [0.15, 0.2) is 24.3 Å². The second kappa shape index (κ2) is 3.71. The van der Waals surface area contributed by atoms with Gasteiger partial charge in [0.05, 0.1) is 0 Å². The molecule has 1 aliphatic rings. The number of nitrogens with two attached hydrogens (primary N) is 1. The Bertz CT molecular complexity index is 322. The van der Waals surface area contributed by atoms with Crippen LogP contribution >= 0.6 is 0 Å². The average molecular weight is 190 g/mol. The molecule has 0 bridgehead atoms. The Balaban J connectivity index is 2.23. The maximum atomic E-state index is 5.95. The predicted octanol–water partition coefficient (Wildman–Crippen LogP) is 1.70. The standard InChI is InChI=1S/C12H18N2/c1-9-4-3-5-10(6-9)12-7-11(13)8-14(12)2/h3-6,11-12H,7-8,13H2,1-2H3. The molecule has 1 aromatic carbocycles. The third-order valence-corrected chi connectivity index (χ3v) is 3.01. The summed E-state index contributed by atoms with van der Waals surface area (Å²) in [5.74, 6) is 0. The lowest BCUT2D eigenvalue weighted by molar-refractivity contribution is 0.316. The Morgan fingerprint density at radius 2 is 2.21 bits per heavy atom. The summed E-state index contributed by atoms with van der Waals surface area (Å²) in [5.41, 5.74) is 8.68. The number of likely N-dealkylation sites (tertiary alicyclic amines) is 1. The minimum atomic E-state index is 0.338. The molecule has 1 aromatic rings. The summed E-state index contributed by atoms with van der Waals surface area (Å²) in [6.45, 7) is 3.15. The van der Waals surface area contributed by atoms with Crippen LogP contribution in [0.25, 0.3) is 0 Å². The molecule has 2 atom stereocenters. The van der Waals surface area contributed by atoms with E-state index in [1.807, 2.05) is 0 Å². The molecule has 2 N–H and O–H groups in total. The number of nitrogens with zero attached hydrogens (tertiary/aromatic N) is 1. The van der Waals surface area contributed by atoms with Crippen molar-refractivity contribution in [3.05, 3.63) is 35.4 Å². The molecule has 2 rings (SSSR count). The summed E-state index contributed by atoms with van der Waals surface area (Å²) in [5, 5.41) is 0. The van der Waals surface area contributed by atoms with E-state index in [0.717, 1.165) is 13.0 Å². The van der Waals surface area contributed by atoms with E-state index in [-0.39, 0.29) is 0 Å². The first-order valence-corrected chi connectivity index (χ1v) is 5.19. The van der Waals surface area contributed by atoms with Crippen LogP contribution in [0.4, 0.5) is 0 Å². The normalized spacial score (nSPS) is 28.2. The SMILES string of the molecule is Cc1cccc(C2CC(N)CN2C)c1. The Hall–Kier alpha value is -0.860. The fraction of sp³-hybridized carbons (Fsp3) is 0.500. The molecule has 2 heteroatoms. The van der Waals surface area contributed by atoms with Gasteiger partial charge in [-0.1, -0.05) is 29.8 Å². The molecule has 1 aliphatic heterocycles. The number of hydrogen-bond acceptors (Lipinski definition) is 2. The zero-order valence-corrected chi connectivity index (χ0v) is 8.90. The van der Waals surface area contributed by atoms with Gasteiger partial charge in [-0.05, 0) is 26.0 Å². The third kappa shape index (κ3) is 1.81.